The zero-order valence-electron chi connectivity index (χ0n) is 11.1. The highest BCUT2D eigenvalue weighted by molar-refractivity contribution is 5.99. The van der Waals surface area contributed by atoms with Gasteiger partial charge in [-0.15, -0.1) is 0 Å². The Morgan fingerprint density at radius 3 is 2.72 bits per heavy atom. The number of nitrogens with zero attached hydrogens (tertiary/aromatic N) is 1. The van der Waals surface area contributed by atoms with Crippen LogP contribution < -0.4 is 5.32 Å². The second-order valence-corrected chi connectivity index (χ2v) is 4.36. The topological polar surface area (TPSA) is 42.0 Å². The molecule has 0 saturated heterocycles. The Hall–Kier alpha value is -1.90. The number of hydrogen-bond acceptors (Lipinski definition) is 2. The lowest BCUT2D eigenvalue weighted by molar-refractivity contribution is 0.0956. The van der Waals surface area contributed by atoms with Crippen LogP contribution in [0.25, 0.3) is 10.8 Å². The summed E-state index contributed by atoms with van der Waals surface area (Å²) in [5, 5.41) is 5.04. The standard InChI is InChI=1S/C15H18N2O/c1-4-14-13-7-6-11(15(18)16-5-2)9-12(13)8-10(3)17-14/h6-9H,4-5H2,1-3H3,(H,16,18). The molecule has 0 unspecified atom stereocenters. The van der Waals surface area contributed by atoms with Gasteiger partial charge in [0.25, 0.3) is 5.91 Å². The van der Waals surface area contributed by atoms with E-state index in [1.807, 2.05) is 38.1 Å². The van der Waals surface area contributed by atoms with Gasteiger partial charge in [-0.3, -0.25) is 9.78 Å². The van der Waals surface area contributed by atoms with Crippen molar-refractivity contribution in [1.29, 1.82) is 0 Å². The van der Waals surface area contributed by atoms with Crippen LogP contribution >= 0.6 is 0 Å². The second kappa shape index (κ2) is 5.17. The van der Waals surface area contributed by atoms with Gasteiger partial charge in [0.2, 0.25) is 0 Å². The van der Waals surface area contributed by atoms with Gasteiger partial charge in [0.05, 0.1) is 0 Å². The molecule has 0 bridgehead atoms. The maximum atomic E-state index is 11.8. The lowest BCUT2D eigenvalue weighted by Gasteiger charge is -2.08. The first kappa shape index (κ1) is 12.6. The Bertz CT molecular complexity index is 590. The molecule has 0 atom stereocenters. The summed E-state index contributed by atoms with van der Waals surface area (Å²) in [6.45, 7) is 6.64. The van der Waals surface area contributed by atoms with Crippen LogP contribution in [-0.4, -0.2) is 17.4 Å². The molecule has 1 N–H and O–H groups in total. The fourth-order valence-electron chi connectivity index (χ4n) is 2.15. The largest absolute Gasteiger partial charge is 0.352 e. The molecular weight excluding hydrogens is 224 g/mol. The molecule has 94 valence electrons. The van der Waals surface area contributed by atoms with Gasteiger partial charge in [0.1, 0.15) is 0 Å². The summed E-state index contributed by atoms with van der Waals surface area (Å²) >= 11 is 0. The van der Waals surface area contributed by atoms with E-state index >= 15 is 0 Å². The van der Waals surface area contributed by atoms with Crippen molar-refractivity contribution >= 4 is 16.7 Å². The number of carbonyl (C=O) groups excluding carboxylic acids is 1. The molecule has 0 aliphatic carbocycles. The molecule has 0 spiro atoms. The van der Waals surface area contributed by atoms with Crippen LogP contribution in [0.5, 0.6) is 0 Å². The van der Waals surface area contributed by atoms with Gasteiger partial charge in [0.15, 0.2) is 0 Å². The third-order valence-electron chi connectivity index (χ3n) is 2.97. The van der Waals surface area contributed by atoms with Crippen molar-refractivity contribution in [2.75, 3.05) is 6.54 Å². The predicted octanol–water partition coefficient (Wildman–Crippen LogP) is 2.86. The fraction of sp³-hybridized carbons (Fsp3) is 0.333. The fourth-order valence-corrected chi connectivity index (χ4v) is 2.15. The zero-order chi connectivity index (χ0) is 13.1. The van der Waals surface area contributed by atoms with E-state index in [0.29, 0.717) is 12.1 Å². The van der Waals surface area contributed by atoms with Gasteiger partial charge in [-0.2, -0.15) is 0 Å². The molecule has 18 heavy (non-hydrogen) atoms. The molecule has 3 heteroatoms. The number of pyridine rings is 1. The molecule has 1 aromatic carbocycles. The van der Waals surface area contributed by atoms with E-state index < -0.39 is 0 Å². The Kier molecular flexibility index (Phi) is 3.60. The molecule has 3 nitrogen and oxygen atoms in total. The van der Waals surface area contributed by atoms with E-state index in [-0.39, 0.29) is 5.91 Å². The number of amides is 1. The smallest absolute Gasteiger partial charge is 0.251 e. The van der Waals surface area contributed by atoms with Gasteiger partial charge in [-0.05, 0) is 43.9 Å². The monoisotopic (exact) mass is 242 g/mol. The van der Waals surface area contributed by atoms with Crippen LogP contribution in [0.4, 0.5) is 0 Å². The van der Waals surface area contributed by atoms with E-state index in [2.05, 4.69) is 17.2 Å². The normalized spacial score (nSPS) is 10.6. The number of carbonyl (C=O) groups is 1. The van der Waals surface area contributed by atoms with Gasteiger partial charge in [-0.25, -0.2) is 0 Å². The highest BCUT2D eigenvalue weighted by Gasteiger charge is 2.08. The molecule has 1 amide bonds. The Morgan fingerprint density at radius 2 is 2.06 bits per heavy atom. The average molecular weight is 242 g/mol. The van der Waals surface area contributed by atoms with Crippen LogP contribution in [0.2, 0.25) is 0 Å². The predicted molar refractivity (Wildman–Crippen MR) is 73.9 cm³/mol. The average Bonchev–Trinajstić information content (AvgIpc) is 2.37. The SMILES string of the molecule is CCNC(=O)c1ccc2c(CC)nc(C)cc2c1. The van der Waals surface area contributed by atoms with Crippen LogP contribution in [0, 0.1) is 6.92 Å². The highest BCUT2D eigenvalue weighted by Crippen LogP contribution is 2.20. The van der Waals surface area contributed by atoms with E-state index in [0.717, 1.165) is 28.6 Å². The van der Waals surface area contributed by atoms with Crippen molar-refractivity contribution in [2.24, 2.45) is 0 Å². The summed E-state index contributed by atoms with van der Waals surface area (Å²) in [5.74, 6) is -0.0214. The first-order valence-corrected chi connectivity index (χ1v) is 6.34. The summed E-state index contributed by atoms with van der Waals surface area (Å²) in [6, 6.07) is 7.82. The summed E-state index contributed by atoms with van der Waals surface area (Å²) in [6.07, 6.45) is 0.901. The number of rotatable bonds is 3. The molecule has 2 aromatic rings. The first-order chi connectivity index (χ1) is 8.65. The first-order valence-electron chi connectivity index (χ1n) is 6.34. The molecule has 0 radical (unpaired) electrons. The van der Waals surface area contributed by atoms with E-state index in [1.165, 1.54) is 0 Å². The second-order valence-electron chi connectivity index (χ2n) is 4.36. The molecule has 0 fully saturated rings. The van der Waals surface area contributed by atoms with Crippen molar-refractivity contribution < 1.29 is 4.79 Å². The molecule has 0 aliphatic heterocycles. The van der Waals surface area contributed by atoms with Gasteiger partial charge < -0.3 is 5.32 Å². The summed E-state index contributed by atoms with van der Waals surface area (Å²) in [7, 11) is 0. The van der Waals surface area contributed by atoms with Crippen LogP contribution in [-0.2, 0) is 6.42 Å². The number of benzene rings is 1. The quantitative estimate of drug-likeness (QED) is 0.899. The Labute approximate surface area is 107 Å². The van der Waals surface area contributed by atoms with E-state index in [1.54, 1.807) is 0 Å². The molecule has 2 rings (SSSR count). The number of nitrogens with one attached hydrogen (secondary N) is 1. The number of aryl methyl sites for hydroxylation is 2. The van der Waals surface area contributed by atoms with Crippen molar-refractivity contribution in [3.05, 3.63) is 41.2 Å². The van der Waals surface area contributed by atoms with Crippen LogP contribution in [0.15, 0.2) is 24.3 Å². The minimum absolute atomic E-state index is 0.0214. The minimum Gasteiger partial charge on any atom is -0.352 e. The van der Waals surface area contributed by atoms with Crippen LogP contribution in [0.3, 0.4) is 0 Å². The minimum atomic E-state index is -0.0214. The molecule has 0 saturated carbocycles. The molecule has 1 heterocycles. The van der Waals surface area contributed by atoms with Gasteiger partial charge >= 0.3 is 0 Å². The molecular formula is C15H18N2O. The van der Waals surface area contributed by atoms with Crippen molar-refractivity contribution in [2.45, 2.75) is 27.2 Å². The van der Waals surface area contributed by atoms with Crippen molar-refractivity contribution in [1.82, 2.24) is 10.3 Å². The lowest BCUT2D eigenvalue weighted by atomic mass is 10.0. The number of fused-ring (bicyclic) bond motifs is 1. The maximum Gasteiger partial charge on any atom is 0.251 e. The molecule has 1 aromatic heterocycles. The van der Waals surface area contributed by atoms with Crippen molar-refractivity contribution in [3.8, 4) is 0 Å². The Balaban J connectivity index is 2.54. The lowest BCUT2D eigenvalue weighted by Crippen LogP contribution is -2.22. The third-order valence-corrected chi connectivity index (χ3v) is 2.97. The van der Waals surface area contributed by atoms with Gasteiger partial charge in [-0.1, -0.05) is 13.0 Å². The molecule has 0 aliphatic rings. The maximum absolute atomic E-state index is 11.8. The zero-order valence-corrected chi connectivity index (χ0v) is 11.1. The van der Waals surface area contributed by atoms with Crippen LogP contribution in [0.1, 0.15) is 35.6 Å². The van der Waals surface area contributed by atoms with Crippen molar-refractivity contribution in [3.63, 3.8) is 0 Å². The van der Waals surface area contributed by atoms with Gasteiger partial charge in [0, 0.05) is 28.9 Å². The number of hydrogen-bond donors (Lipinski definition) is 1. The summed E-state index contributed by atoms with van der Waals surface area (Å²) in [5.41, 5.74) is 2.79. The number of aromatic nitrogens is 1. The van der Waals surface area contributed by atoms with E-state index in [9.17, 15) is 4.79 Å². The highest BCUT2D eigenvalue weighted by atomic mass is 16.1. The summed E-state index contributed by atoms with van der Waals surface area (Å²) in [4.78, 5) is 16.3. The Morgan fingerprint density at radius 1 is 1.28 bits per heavy atom. The summed E-state index contributed by atoms with van der Waals surface area (Å²) < 4.78 is 0. The third kappa shape index (κ3) is 2.35. The van der Waals surface area contributed by atoms with E-state index in [4.69, 9.17) is 0 Å².